The molecule has 0 heterocycles. The number of anilines is 2. The molecule has 0 aromatic heterocycles. The van der Waals surface area contributed by atoms with E-state index in [1.807, 2.05) is 6.07 Å². The van der Waals surface area contributed by atoms with Crippen molar-refractivity contribution in [1.82, 2.24) is 5.32 Å². The van der Waals surface area contributed by atoms with Crippen molar-refractivity contribution in [1.29, 1.82) is 0 Å². The summed E-state index contributed by atoms with van der Waals surface area (Å²) in [4.78, 5) is 35.3. The number of imide groups is 1. The molecule has 0 spiro atoms. The van der Waals surface area contributed by atoms with Crippen molar-refractivity contribution in [2.45, 2.75) is 11.8 Å². The van der Waals surface area contributed by atoms with Gasteiger partial charge in [-0.25, -0.2) is 4.79 Å². The molecule has 124 valence electrons. The lowest BCUT2D eigenvalue weighted by molar-refractivity contribution is -0.117. The van der Waals surface area contributed by atoms with Gasteiger partial charge in [0.2, 0.25) is 11.8 Å². The van der Waals surface area contributed by atoms with E-state index >= 15 is 0 Å². The summed E-state index contributed by atoms with van der Waals surface area (Å²) in [6.07, 6.45) is 0. The second kappa shape index (κ2) is 8.73. The van der Waals surface area contributed by atoms with Crippen LogP contribution < -0.4 is 16.0 Å². The normalized spacial score (nSPS) is 9.88. The van der Waals surface area contributed by atoms with Crippen LogP contribution >= 0.6 is 11.8 Å². The Balaban J connectivity index is 1.76. The highest BCUT2D eigenvalue weighted by atomic mass is 32.2. The predicted octanol–water partition coefficient (Wildman–Crippen LogP) is 3.09. The number of benzene rings is 2. The highest BCUT2D eigenvalue weighted by Gasteiger charge is 2.08. The first-order valence-corrected chi connectivity index (χ1v) is 8.18. The summed E-state index contributed by atoms with van der Waals surface area (Å²) in [5, 5.41) is 7.51. The van der Waals surface area contributed by atoms with Crippen LogP contribution in [-0.4, -0.2) is 23.6 Å². The summed E-state index contributed by atoms with van der Waals surface area (Å²) in [6.45, 7) is 1.44. The molecule has 2 aromatic carbocycles. The van der Waals surface area contributed by atoms with Crippen molar-refractivity contribution < 1.29 is 14.4 Å². The molecule has 0 aliphatic rings. The van der Waals surface area contributed by atoms with Crippen LogP contribution in [0.15, 0.2) is 59.5 Å². The molecule has 0 atom stereocenters. The van der Waals surface area contributed by atoms with Crippen LogP contribution in [0, 0.1) is 0 Å². The van der Waals surface area contributed by atoms with Crippen molar-refractivity contribution >= 4 is 41.0 Å². The van der Waals surface area contributed by atoms with Crippen molar-refractivity contribution in [3.8, 4) is 0 Å². The largest absolute Gasteiger partial charge is 0.326 e. The van der Waals surface area contributed by atoms with Gasteiger partial charge in [-0.05, 0) is 36.4 Å². The molecule has 2 aromatic rings. The van der Waals surface area contributed by atoms with E-state index in [9.17, 15) is 14.4 Å². The molecule has 0 unspecified atom stereocenters. The molecule has 0 saturated heterocycles. The Morgan fingerprint density at radius 3 is 2.12 bits per heavy atom. The molecule has 0 saturated carbocycles. The smallest absolute Gasteiger partial charge is 0.325 e. The molecule has 0 bridgehead atoms. The van der Waals surface area contributed by atoms with E-state index in [0.29, 0.717) is 11.4 Å². The summed E-state index contributed by atoms with van der Waals surface area (Å²) in [7, 11) is 0. The number of rotatable bonds is 5. The summed E-state index contributed by atoms with van der Waals surface area (Å²) in [5.41, 5.74) is 1.31. The number of thioether (sulfide) groups is 1. The fraction of sp³-hybridized carbons (Fsp3) is 0.118. The molecule has 24 heavy (non-hydrogen) atoms. The summed E-state index contributed by atoms with van der Waals surface area (Å²) < 4.78 is 0. The van der Waals surface area contributed by atoms with E-state index in [2.05, 4.69) is 16.0 Å². The number of carbonyl (C=O) groups is 3. The van der Waals surface area contributed by atoms with Gasteiger partial charge in [0.15, 0.2) is 0 Å². The molecular weight excluding hydrogens is 326 g/mol. The Morgan fingerprint density at radius 1 is 0.875 bits per heavy atom. The molecule has 0 fully saturated rings. The predicted molar refractivity (Wildman–Crippen MR) is 95.1 cm³/mol. The topological polar surface area (TPSA) is 87.3 Å². The molecule has 7 heteroatoms. The van der Waals surface area contributed by atoms with E-state index in [4.69, 9.17) is 0 Å². The van der Waals surface area contributed by atoms with Gasteiger partial charge < -0.3 is 10.6 Å². The van der Waals surface area contributed by atoms with Crippen LogP contribution in [0.4, 0.5) is 16.2 Å². The third kappa shape index (κ3) is 6.13. The zero-order chi connectivity index (χ0) is 17.4. The average Bonchev–Trinajstić information content (AvgIpc) is 2.54. The molecule has 3 N–H and O–H groups in total. The first-order chi connectivity index (χ1) is 11.5. The fourth-order valence-corrected chi connectivity index (χ4v) is 2.53. The summed E-state index contributed by atoms with van der Waals surface area (Å²) >= 11 is 1.30. The first kappa shape index (κ1) is 17.6. The van der Waals surface area contributed by atoms with E-state index in [-0.39, 0.29) is 17.6 Å². The van der Waals surface area contributed by atoms with Gasteiger partial charge in [-0.3, -0.25) is 14.9 Å². The third-order valence-corrected chi connectivity index (χ3v) is 3.84. The van der Waals surface area contributed by atoms with Crippen molar-refractivity contribution in [2.24, 2.45) is 0 Å². The van der Waals surface area contributed by atoms with E-state index in [0.717, 1.165) is 4.90 Å². The van der Waals surface area contributed by atoms with E-state index in [1.165, 1.54) is 18.7 Å². The monoisotopic (exact) mass is 343 g/mol. The zero-order valence-corrected chi connectivity index (χ0v) is 13.9. The van der Waals surface area contributed by atoms with Gasteiger partial charge in [0.05, 0.1) is 5.75 Å². The summed E-state index contributed by atoms with van der Waals surface area (Å²) in [5.74, 6) is -0.416. The second-order valence-corrected chi connectivity index (χ2v) is 5.91. The molecule has 4 amide bonds. The Morgan fingerprint density at radius 2 is 1.50 bits per heavy atom. The lowest BCUT2D eigenvalue weighted by Gasteiger charge is -2.07. The van der Waals surface area contributed by atoms with E-state index < -0.39 is 6.03 Å². The number of para-hydroxylation sites is 1. The minimum absolute atomic E-state index is 0.113. The van der Waals surface area contributed by atoms with Crippen molar-refractivity contribution in [3.63, 3.8) is 0 Å². The molecule has 0 radical (unpaired) electrons. The Labute approximate surface area is 144 Å². The number of urea groups is 1. The lowest BCUT2D eigenvalue weighted by atomic mass is 10.3. The van der Waals surface area contributed by atoms with Crippen LogP contribution in [0.5, 0.6) is 0 Å². The SMILES string of the molecule is CC(=O)Nc1ccc(SCC(=O)NC(=O)Nc2ccccc2)cc1. The molecule has 0 aliphatic heterocycles. The van der Waals surface area contributed by atoms with Crippen LogP contribution in [0.25, 0.3) is 0 Å². The quantitative estimate of drug-likeness (QED) is 0.728. The fourth-order valence-electron chi connectivity index (χ4n) is 1.83. The Hall–Kier alpha value is -2.80. The van der Waals surface area contributed by atoms with Gasteiger partial charge in [0.1, 0.15) is 0 Å². The summed E-state index contributed by atoms with van der Waals surface area (Å²) in [6, 6.07) is 15.4. The van der Waals surface area contributed by atoms with Gasteiger partial charge >= 0.3 is 6.03 Å². The number of carbonyl (C=O) groups excluding carboxylic acids is 3. The molecular formula is C17H17N3O3S. The van der Waals surface area contributed by atoms with Crippen LogP contribution in [-0.2, 0) is 9.59 Å². The standard InChI is InChI=1S/C17H17N3O3S/c1-12(21)18-14-7-9-15(10-8-14)24-11-16(22)20-17(23)19-13-5-3-2-4-6-13/h2-10H,11H2,1H3,(H,18,21)(H2,19,20,22,23). The maximum atomic E-state index is 11.8. The second-order valence-electron chi connectivity index (χ2n) is 4.86. The van der Waals surface area contributed by atoms with Crippen molar-refractivity contribution in [3.05, 3.63) is 54.6 Å². The zero-order valence-electron chi connectivity index (χ0n) is 13.0. The molecule has 0 aliphatic carbocycles. The number of hydrogen-bond donors (Lipinski definition) is 3. The molecule has 2 rings (SSSR count). The van der Waals surface area contributed by atoms with Gasteiger partial charge in [-0.15, -0.1) is 11.8 Å². The van der Waals surface area contributed by atoms with Gasteiger partial charge in [-0.1, -0.05) is 18.2 Å². The number of hydrogen-bond acceptors (Lipinski definition) is 4. The molecule has 6 nitrogen and oxygen atoms in total. The minimum atomic E-state index is -0.562. The van der Waals surface area contributed by atoms with E-state index in [1.54, 1.807) is 48.5 Å². The Kier molecular flexibility index (Phi) is 6.39. The highest BCUT2D eigenvalue weighted by molar-refractivity contribution is 8.00. The highest BCUT2D eigenvalue weighted by Crippen LogP contribution is 2.20. The van der Waals surface area contributed by atoms with Gasteiger partial charge in [-0.2, -0.15) is 0 Å². The van der Waals surface area contributed by atoms with Crippen molar-refractivity contribution in [2.75, 3.05) is 16.4 Å². The Bertz CT molecular complexity index is 718. The van der Waals surface area contributed by atoms with Crippen LogP contribution in [0.3, 0.4) is 0 Å². The number of amides is 4. The van der Waals surface area contributed by atoms with Gasteiger partial charge in [0, 0.05) is 23.2 Å². The maximum absolute atomic E-state index is 11.8. The average molecular weight is 343 g/mol. The third-order valence-electron chi connectivity index (χ3n) is 2.83. The maximum Gasteiger partial charge on any atom is 0.325 e. The van der Waals surface area contributed by atoms with Crippen LogP contribution in [0.2, 0.25) is 0 Å². The van der Waals surface area contributed by atoms with Crippen LogP contribution in [0.1, 0.15) is 6.92 Å². The first-order valence-electron chi connectivity index (χ1n) is 7.19. The minimum Gasteiger partial charge on any atom is -0.326 e. The lowest BCUT2D eigenvalue weighted by Crippen LogP contribution is -2.35. The number of nitrogens with one attached hydrogen (secondary N) is 3. The van der Waals surface area contributed by atoms with Gasteiger partial charge in [0.25, 0.3) is 0 Å².